The van der Waals surface area contributed by atoms with Crippen LogP contribution < -0.4 is 10.5 Å². The van der Waals surface area contributed by atoms with E-state index in [1.54, 1.807) is 18.6 Å². The van der Waals surface area contributed by atoms with E-state index in [1.165, 1.54) is 0 Å². The Hall–Kier alpha value is -2.14. The van der Waals surface area contributed by atoms with E-state index < -0.39 is 0 Å². The number of hydrogen-bond acceptors (Lipinski definition) is 4. The van der Waals surface area contributed by atoms with E-state index in [9.17, 15) is 4.79 Å². The van der Waals surface area contributed by atoms with Crippen LogP contribution in [0, 0.1) is 0 Å². The number of imidazole rings is 1. The summed E-state index contributed by atoms with van der Waals surface area (Å²) in [5.74, 6) is 0.815. The van der Waals surface area contributed by atoms with Crippen molar-refractivity contribution in [3.63, 3.8) is 0 Å². The van der Waals surface area contributed by atoms with E-state index in [-0.39, 0.29) is 5.78 Å². The summed E-state index contributed by atoms with van der Waals surface area (Å²) in [6.45, 7) is 1.89. The van der Waals surface area contributed by atoms with Crippen LogP contribution in [0.3, 0.4) is 0 Å². The van der Waals surface area contributed by atoms with Crippen molar-refractivity contribution in [1.29, 1.82) is 0 Å². The van der Waals surface area contributed by atoms with E-state index in [1.807, 2.05) is 16.7 Å². The zero-order valence-corrected chi connectivity index (χ0v) is 10.5. The van der Waals surface area contributed by atoms with Gasteiger partial charge in [-0.1, -0.05) is 0 Å². The molecule has 1 aromatic heterocycles. The summed E-state index contributed by atoms with van der Waals surface area (Å²) in [4.78, 5) is 16.4. The van der Waals surface area contributed by atoms with Gasteiger partial charge in [-0.05, 0) is 23.8 Å². The number of nitrogens with two attached hydrogens (primary N) is 1. The molecule has 0 spiro atoms. The van der Waals surface area contributed by atoms with Gasteiger partial charge in [-0.25, -0.2) is 4.98 Å². The average molecular weight is 257 g/mol. The Balaban J connectivity index is 1.86. The predicted octanol–water partition coefficient (Wildman–Crippen LogP) is 1.01. The first-order valence-corrected chi connectivity index (χ1v) is 6.30. The van der Waals surface area contributed by atoms with Gasteiger partial charge < -0.3 is 15.0 Å². The normalized spacial score (nSPS) is 13.1. The highest BCUT2D eigenvalue weighted by Gasteiger charge is 2.17. The molecule has 1 aliphatic rings. The molecule has 1 aliphatic heterocycles. The fraction of sp³-hybridized carbons (Fsp3) is 0.286. The maximum absolute atomic E-state index is 12.3. The largest absolute Gasteiger partial charge is 0.493 e. The summed E-state index contributed by atoms with van der Waals surface area (Å²) >= 11 is 0. The van der Waals surface area contributed by atoms with Crippen molar-refractivity contribution in [2.24, 2.45) is 5.73 Å². The third-order valence-electron chi connectivity index (χ3n) is 3.20. The molecule has 0 unspecified atom stereocenters. The molecule has 5 nitrogen and oxygen atoms in total. The number of rotatable bonds is 4. The van der Waals surface area contributed by atoms with Crippen LogP contribution in [0.5, 0.6) is 5.75 Å². The molecule has 5 heteroatoms. The second-order valence-corrected chi connectivity index (χ2v) is 4.54. The molecule has 0 radical (unpaired) electrons. The van der Waals surface area contributed by atoms with Gasteiger partial charge in [-0.2, -0.15) is 0 Å². The van der Waals surface area contributed by atoms with Crippen molar-refractivity contribution in [2.45, 2.75) is 13.0 Å². The first kappa shape index (κ1) is 11.9. The van der Waals surface area contributed by atoms with Gasteiger partial charge in [-0.15, -0.1) is 0 Å². The molecule has 0 saturated heterocycles. The molecule has 0 amide bonds. The summed E-state index contributed by atoms with van der Waals surface area (Å²) in [7, 11) is 0. The molecule has 0 fully saturated rings. The topological polar surface area (TPSA) is 70.1 Å². The first-order valence-electron chi connectivity index (χ1n) is 6.30. The van der Waals surface area contributed by atoms with Crippen molar-refractivity contribution in [3.05, 3.63) is 47.5 Å². The molecule has 2 heterocycles. The third kappa shape index (κ3) is 2.24. The minimum absolute atomic E-state index is 0.0644. The van der Waals surface area contributed by atoms with Crippen LogP contribution in [0.2, 0.25) is 0 Å². The van der Waals surface area contributed by atoms with E-state index in [2.05, 4.69) is 4.98 Å². The summed E-state index contributed by atoms with van der Waals surface area (Å²) in [6.07, 6.45) is 4.23. The van der Waals surface area contributed by atoms with Gasteiger partial charge in [0, 0.05) is 31.3 Å². The Morgan fingerprint density at radius 2 is 2.37 bits per heavy atom. The fourth-order valence-corrected chi connectivity index (χ4v) is 2.22. The Morgan fingerprint density at radius 3 is 3.21 bits per heavy atom. The Kier molecular flexibility index (Phi) is 3.05. The lowest BCUT2D eigenvalue weighted by Crippen LogP contribution is -2.08. The van der Waals surface area contributed by atoms with E-state index in [0.717, 1.165) is 17.7 Å². The summed E-state index contributed by atoms with van der Waals surface area (Å²) in [5.41, 5.74) is 7.67. The van der Waals surface area contributed by atoms with Crippen LogP contribution in [-0.2, 0) is 13.0 Å². The summed E-state index contributed by atoms with van der Waals surface area (Å²) in [6, 6.07) is 5.54. The second kappa shape index (κ2) is 4.85. The number of fused-ring (bicyclic) bond motifs is 1. The van der Waals surface area contributed by atoms with Crippen molar-refractivity contribution in [1.82, 2.24) is 9.55 Å². The third-order valence-corrected chi connectivity index (χ3v) is 3.20. The van der Waals surface area contributed by atoms with Crippen LogP contribution in [0.1, 0.15) is 21.6 Å². The van der Waals surface area contributed by atoms with Gasteiger partial charge in [0.1, 0.15) is 11.4 Å². The van der Waals surface area contributed by atoms with Gasteiger partial charge in [-0.3, -0.25) is 4.79 Å². The van der Waals surface area contributed by atoms with Gasteiger partial charge >= 0.3 is 0 Å². The zero-order valence-electron chi connectivity index (χ0n) is 10.5. The van der Waals surface area contributed by atoms with Crippen molar-refractivity contribution >= 4 is 5.78 Å². The van der Waals surface area contributed by atoms with E-state index >= 15 is 0 Å². The second-order valence-electron chi connectivity index (χ2n) is 4.54. The molecule has 19 heavy (non-hydrogen) atoms. The fourth-order valence-electron chi connectivity index (χ4n) is 2.22. The van der Waals surface area contributed by atoms with Crippen LogP contribution in [0.15, 0.2) is 30.7 Å². The van der Waals surface area contributed by atoms with E-state index in [0.29, 0.717) is 31.0 Å². The van der Waals surface area contributed by atoms with Crippen molar-refractivity contribution in [2.75, 3.05) is 13.2 Å². The number of ketones is 1. The molecular formula is C14H15N3O2. The number of hydrogen-bond donors (Lipinski definition) is 1. The van der Waals surface area contributed by atoms with Crippen LogP contribution in [-0.4, -0.2) is 28.5 Å². The summed E-state index contributed by atoms with van der Waals surface area (Å²) in [5, 5.41) is 0. The highest BCUT2D eigenvalue weighted by Crippen LogP contribution is 2.26. The average Bonchev–Trinajstić information content (AvgIpc) is 3.05. The predicted molar refractivity (Wildman–Crippen MR) is 70.4 cm³/mol. The molecule has 0 atom stereocenters. The van der Waals surface area contributed by atoms with Crippen molar-refractivity contribution < 1.29 is 9.53 Å². The molecule has 98 valence electrons. The minimum atomic E-state index is -0.0644. The monoisotopic (exact) mass is 257 g/mol. The lowest BCUT2D eigenvalue weighted by atomic mass is 10.0. The van der Waals surface area contributed by atoms with Crippen LogP contribution >= 0.6 is 0 Å². The Bertz CT molecular complexity index is 619. The number of nitrogens with zero attached hydrogens (tertiary/aromatic N) is 2. The number of ether oxygens (including phenoxy) is 1. The molecule has 3 rings (SSSR count). The number of aromatic nitrogens is 2. The molecule has 1 aromatic carbocycles. The first-order chi connectivity index (χ1) is 9.28. The standard InChI is InChI=1S/C14H15N3O2/c15-4-5-17-8-12(16-9-17)14(18)11-1-2-13-10(7-11)3-6-19-13/h1-2,7-9H,3-6,15H2. The Morgan fingerprint density at radius 1 is 1.47 bits per heavy atom. The maximum Gasteiger partial charge on any atom is 0.212 e. The SMILES string of the molecule is NCCn1cnc(C(=O)c2ccc3c(c2)CCO3)c1. The number of carbonyl (C=O) groups is 1. The summed E-state index contributed by atoms with van der Waals surface area (Å²) < 4.78 is 7.25. The minimum Gasteiger partial charge on any atom is -0.493 e. The number of benzene rings is 1. The molecule has 0 saturated carbocycles. The molecular weight excluding hydrogens is 242 g/mol. The van der Waals surface area contributed by atoms with Crippen LogP contribution in [0.25, 0.3) is 0 Å². The van der Waals surface area contributed by atoms with Gasteiger partial charge in [0.05, 0.1) is 12.9 Å². The zero-order chi connectivity index (χ0) is 13.2. The molecule has 0 aliphatic carbocycles. The lowest BCUT2D eigenvalue weighted by molar-refractivity contribution is 0.103. The van der Waals surface area contributed by atoms with Crippen LogP contribution in [0.4, 0.5) is 0 Å². The van der Waals surface area contributed by atoms with Gasteiger partial charge in [0.15, 0.2) is 0 Å². The molecule has 2 aromatic rings. The van der Waals surface area contributed by atoms with E-state index in [4.69, 9.17) is 10.5 Å². The smallest absolute Gasteiger partial charge is 0.212 e. The lowest BCUT2D eigenvalue weighted by Gasteiger charge is -2.01. The molecule has 0 bridgehead atoms. The Labute approximate surface area is 111 Å². The maximum atomic E-state index is 12.3. The van der Waals surface area contributed by atoms with Gasteiger partial charge in [0.2, 0.25) is 5.78 Å². The quantitative estimate of drug-likeness (QED) is 0.830. The number of carbonyl (C=O) groups excluding carboxylic acids is 1. The van der Waals surface area contributed by atoms with Crippen molar-refractivity contribution in [3.8, 4) is 5.75 Å². The molecule has 2 N–H and O–H groups in total. The van der Waals surface area contributed by atoms with Gasteiger partial charge in [0.25, 0.3) is 0 Å². The highest BCUT2D eigenvalue weighted by atomic mass is 16.5. The highest BCUT2D eigenvalue weighted by molar-refractivity contribution is 6.07.